The Hall–Kier alpha value is -3.01. The smallest absolute Gasteiger partial charge is 0.262 e. The summed E-state index contributed by atoms with van der Waals surface area (Å²) in [5, 5.41) is 19.6. The molecule has 0 spiro atoms. The van der Waals surface area contributed by atoms with Crippen LogP contribution in [0.2, 0.25) is 0 Å². The molecule has 128 valence electrons. The molecule has 0 radical (unpaired) electrons. The molecule has 0 heterocycles. The molecule has 0 aliphatic rings. The Morgan fingerprint density at radius 1 is 1.38 bits per heavy atom. The van der Waals surface area contributed by atoms with Crippen molar-refractivity contribution in [1.82, 2.24) is 4.90 Å². The molecule has 0 N–H and O–H groups in total. The van der Waals surface area contributed by atoms with E-state index in [1.54, 1.807) is 46.1 Å². The lowest BCUT2D eigenvalue weighted by Gasteiger charge is -2.20. The average molecular weight is 331 g/mol. The van der Waals surface area contributed by atoms with Gasteiger partial charge in [0.25, 0.3) is 5.91 Å². The van der Waals surface area contributed by atoms with Crippen molar-refractivity contribution in [2.45, 2.75) is 20.0 Å². The minimum absolute atomic E-state index is 0.204. The van der Waals surface area contributed by atoms with E-state index in [1.807, 2.05) is 0 Å². The number of carboxylic acids is 1. The lowest BCUT2D eigenvalue weighted by atomic mass is 10.1. The van der Waals surface area contributed by atoms with Gasteiger partial charge in [-0.3, -0.25) is 4.79 Å². The molecule has 0 saturated carbocycles. The van der Waals surface area contributed by atoms with Gasteiger partial charge in [-0.25, -0.2) is 0 Å². The molecule has 1 aromatic rings. The van der Waals surface area contributed by atoms with Crippen molar-refractivity contribution in [3.8, 4) is 17.6 Å². The van der Waals surface area contributed by atoms with Gasteiger partial charge in [-0.2, -0.15) is 5.26 Å². The Morgan fingerprint density at radius 3 is 2.54 bits per heavy atom. The van der Waals surface area contributed by atoms with Gasteiger partial charge in [-0.05, 0) is 37.6 Å². The van der Waals surface area contributed by atoms with Crippen LogP contribution in [0, 0.1) is 11.3 Å². The summed E-state index contributed by atoms with van der Waals surface area (Å²) in [4.78, 5) is 24.1. The predicted octanol–water partition coefficient (Wildman–Crippen LogP) is 0.598. The summed E-state index contributed by atoms with van der Waals surface area (Å²) in [6, 6.07) is 6.20. The number of amides is 1. The second kappa shape index (κ2) is 8.58. The summed E-state index contributed by atoms with van der Waals surface area (Å²) in [5.41, 5.74) is -0.0552. The van der Waals surface area contributed by atoms with Crippen molar-refractivity contribution in [3.63, 3.8) is 0 Å². The fourth-order valence-corrected chi connectivity index (χ4v) is 1.89. The van der Waals surface area contributed by atoms with Crippen LogP contribution in [0.1, 0.15) is 19.4 Å². The third-order valence-electron chi connectivity index (χ3n) is 3.01. The molecule has 0 aliphatic carbocycles. The quantitative estimate of drug-likeness (QED) is 0.535. The highest BCUT2D eigenvalue weighted by molar-refractivity contribution is 5.95. The highest BCUT2D eigenvalue weighted by Gasteiger charge is 2.18. The van der Waals surface area contributed by atoms with Crippen molar-refractivity contribution in [1.29, 1.82) is 5.26 Å². The topological polar surface area (TPSA) is 103 Å². The number of likely N-dealkylation sites (N-methyl/N-ethyl adjacent to an activating group) is 1. The second-order valence-corrected chi connectivity index (χ2v) is 5.09. The zero-order chi connectivity index (χ0) is 18.3. The lowest BCUT2D eigenvalue weighted by Crippen LogP contribution is -2.35. The Bertz CT molecular complexity index is 689. The van der Waals surface area contributed by atoms with Gasteiger partial charge in [0.2, 0.25) is 0 Å². The van der Waals surface area contributed by atoms with Crippen LogP contribution in [0.15, 0.2) is 23.8 Å². The molecule has 0 aromatic heterocycles. The number of carbonyl (C=O) groups excluding carboxylic acids is 2. The van der Waals surface area contributed by atoms with Gasteiger partial charge < -0.3 is 24.3 Å². The first-order chi connectivity index (χ1) is 11.3. The Kier molecular flexibility index (Phi) is 6.80. The number of ether oxygens (including phenoxy) is 2. The summed E-state index contributed by atoms with van der Waals surface area (Å²) >= 11 is 0. The number of hydrogen-bond donors (Lipinski definition) is 0. The van der Waals surface area contributed by atoms with Crippen molar-refractivity contribution in [2.75, 3.05) is 20.7 Å². The maximum Gasteiger partial charge on any atom is 0.262 e. The largest absolute Gasteiger partial charge is 0.544 e. The van der Waals surface area contributed by atoms with Crippen LogP contribution in [0.3, 0.4) is 0 Å². The summed E-state index contributed by atoms with van der Waals surface area (Å²) in [6.07, 6.45) is 0.467. The fraction of sp³-hybridized carbons (Fsp3) is 0.353. The molecule has 7 heteroatoms. The average Bonchev–Trinajstić information content (AvgIpc) is 2.53. The molecule has 24 heavy (non-hydrogen) atoms. The summed E-state index contributed by atoms with van der Waals surface area (Å²) < 4.78 is 11.1. The Balaban J connectivity index is 3.14. The third-order valence-corrected chi connectivity index (χ3v) is 3.01. The number of benzene rings is 1. The molecule has 0 aliphatic heterocycles. The molecule has 1 amide bonds. The summed E-state index contributed by atoms with van der Waals surface area (Å²) in [7, 11) is 3.26. The van der Waals surface area contributed by atoms with Gasteiger partial charge in [0.15, 0.2) is 17.6 Å². The fourth-order valence-electron chi connectivity index (χ4n) is 1.89. The van der Waals surface area contributed by atoms with Crippen LogP contribution in [0.25, 0.3) is 6.08 Å². The lowest BCUT2D eigenvalue weighted by molar-refractivity contribution is -0.298. The van der Waals surface area contributed by atoms with E-state index in [1.165, 1.54) is 17.0 Å². The monoisotopic (exact) mass is 331 g/mol. The number of carbonyl (C=O) groups is 2. The van der Waals surface area contributed by atoms with Crippen molar-refractivity contribution in [2.24, 2.45) is 0 Å². The van der Waals surface area contributed by atoms with Gasteiger partial charge >= 0.3 is 0 Å². The first-order valence-electron chi connectivity index (χ1n) is 7.28. The molecule has 1 rings (SSSR count). The Morgan fingerprint density at radius 2 is 2.04 bits per heavy atom. The van der Waals surface area contributed by atoms with Crippen LogP contribution in [-0.4, -0.2) is 43.6 Å². The Labute approximate surface area is 140 Å². The predicted molar refractivity (Wildman–Crippen MR) is 85.0 cm³/mol. The number of nitriles is 1. The number of rotatable bonds is 7. The van der Waals surface area contributed by atoms with Crippen LogP contribution < -0.4 is 14.6 Å². The van der Waals surface area contributed by atoms with Crippen LogP contribution >= 0.6 is 0 Å². The highest BCUT2D eigenvalue weighted by Crippen LogP contribution is 2.30. The number of carboxylic acid groups (broad SMARTS) is 1. The van der Waals surface area contributed by atoms with E-state index in [9.17, 15) is 14.7 Å². The number of aliphatic carboxylic acids is 1. The zero-order valence-corrected chi connectivity index (χ0v) is 14.0. The standard InChI is InChI=1S/C17H20N2O5/c1-5-23-15-9-12(8-13(10-18)17(21)22)6-7-14(15)24-11(2)16(20)19(3)4/h6-9,11H,5H2,1-4H3,(H,21,22)/p-1/b13-8+/t11-/m1/s1. The molecule has 0 fully saturated rings. The molecule has 7 nitrogen and oxygen atoms in total. The van der Waals surface area contributed by atoms with Gasteiger partial charge in [0, 0.05) is 14.1 Å². The van der Waals surface area contributed by atoms with E-state index in [0.29, 0.717) is 23.7 Å². The van der Waals surface area contributed by atoms with E-state index in [4.69, 9.17) is 14.7 Å². The van der Waals surface area contributed by atoms with E-state index in [2.05, 4.69) is 0 Å². The summed E-state index contributed by atoms with van der Waals surface area (Å²) in [5.74, 6) is -1.06. The minimum Gasteiger partial charge on any atom is -0.544 e. The highest BCUT2D eigenvalue weighted by atomic mass is 16.5. The normalized spacial score (nSPS) is 12.0. The van der Waals surface area contributed by atoms with E-state index >= 15 is 0 Å². The van der Waals surface area contributed by atoms with E-state index < -0.39 is 17.6 Å². The van der Waals surface area contributed by atoms with E-state index in [0.717, 1.165) is 0 Å². The zero-order valence-electron chi connectivity index (χ0n) is 14.0. The second-order valence-electron chi connectivity index (χ2n) is 5.09. The van der Waals surface area contributed by atoms with Crippen LogP contribution in [0.5, 0.6) is 11.5 Å². The van der Waals surface area contributed by atoms with Crippen LogP contribution in [-0.2, 0) is 9.59 Å². The molecule has 0 saturated heterocycles. The van der Waals surface area contributed by atoms with Crippen molar-refractivity contribution in [3.05, 3.63) is 29.3 Å². The molecular formula is C17H19N2O5-. The summed E-state index contributed by atoms with van der Waals surface area (Å²) in [6.45, 7) is 3.75. The van der Waals surface area contributed by atoms with Crippen LogP contribution in [0.4, 0.5) is 0 Å². The molecular weight excluding hydrogens is 312 g/mol. The maximum atomic E-state index is 11.9. The SMILES string of the molecule is CCOc1cc(/C=C(\C#N)C(=O)[O-])ccc1O[C@H](C)C(=O)N(C)C. The van der Waals surface area contributed by atoms with E-state index in [-0.39, 0.29) is 5.91 Å². The van der Waals surface area contributed by atoms with Crippen molar-refractivity contribution < 1.29 is 24.2 Å². The van der Waals surface area contributed by atoms with Gasteiger partial charge in [0.05, 0.1) is 18.1 Å². The van der Waals surface area contributed by atoms with Crippen molar-refractivity contribution >= 4 is 18.0 Å². The van der Waals surface area contributed by atoms with Gasteiger partial charge in [0.1, 0.15) is 6.07 Å². The minimum atomic E-state index is -1.55. The first-order valence-corrected chi connectivity index (χ1v) is 7.28. The number of nitrogens with zero attached hydrogens (tertiary/aromatic N) is 2. The third kappa shape index (κ3) is 5.02. The first kappa shape index (κ1) is 19.0. The van der Waals surface area contributed by atoms with Gasteiger partial charge in [-0.15, -0.1) is 0 Å². The molecule has 1 atom stereocenters. The molecule has 1 aromatic carbocycles. The maximum absolute atomic E-state index is 11.9. The number of hydrogen-bond acceptors (Lipinski definition) is 6. The molecule has 0 bridgehead atoms. The molecule has 0 unspecified atom stereocenters. The van der Waals surface area contributed by atoms with Gasteiger partial charge in [-0.1, -0.05) is 6.07 Å².